The van der Waals surface area contributed by atoms with E-state index in [0.717, 1.165) is 0 Å². The topological polar surface area (TPSA) is 38.3 Å². The molecule has 0 heterocycles. The quantitative estimate of drug-likeness (QED) is 0.835. The SMILES string of the molecule is C#CCC(C)NC(=O)c1ccc(Cl)cc1OC. The molecular formula is C13H14ClNO2. The maximum absolute atomic E-state index is 11.9. The summed E-state index contributed by atoms with van der Waals surface area (Å²) in [5, 5.41) is 3.31. The number of halogens is 1. The van der Waals surface area contributed by atoms with Crippen molar-refractivity contribution in [1.29, 1.82) is 0 Å². The summed E-state index contributed by atoms with van der Waals surface area (Å²) in [4.78, 5) is 11.9. The van der Waals surface area contributed by atoms with Crippen LogP contribution in [-0.2, 0) is 0 Å². The zero-order chi connectivity index (χ0) is 12.8. The minimum Gasteiger partial charge on any atom is -0.496 e. The van der Waals surface area contributed by atoms with Crippen LogP contribution in [0.3, 0.4) is 0 Å². The maximum atomic E-state index is 11.9. The van der Waals surface area contributed by atoms with Crippen LogP contribution in [-0.4, -0.2) is 19.1 Å². The summed E-state index contributed by atoms with van der Waals surface area (Å²) < 4.78 is 5.10. The first-order chi connectivity index (χ1) is 8.08. The van der Waals surface area contributed by atoms with Crippen molar-refractivity contribution in [2.24, 2.45) is 0 Å². The van der Waals surface area contributed by atoms with Gasteiger partial charge >= 0.3 is 0 Å². The first-order valence-corrected chi connectivity index (χ1v) is 5.54. The number of ether oxygens (including phenoxy) is 1. The van der Waals surface area contributed by atoms with Gasteiger partial charge in [0, 0.05) is 17.5 Å². The largest absolute Gasteiger partial charge is 0.496 e. The summed E-state index contributed by atoms with van der Waals surface area (Å²) in [5.41, 5.74) is 0.445. The highest BCUT2D eigenvalue weighted by Crippen LogP contribution is 2.23. The molecule has 0 aliphatic carbocycles. The molecule has 3 nitrogen and oxygen atoms in total. The molecule has 1 unspecified atom stereocenters. The van der Waals surface area contributed by atoms with E-state index in [9.17, 15) is 4.79 Å². The molecule has 0 spiro atoms. The Hall–Kier alpha value is -1.66. The summed E-state index contributed by atoms with van der Waals surface area (Å²) >= 11 is 5.82. The lowest BCUT2D eigenvalue weighted by atomic mass is 10.1. The standard InChI is InChI=1S/C13H14ClNO2/c1-4-5-9(2)15-13(16)11-7-6-10(14)8-12(11)17-3/h1,6-9H,5H2,2-3H3,(H,15,16). The third kappa shape index (κ3) is 3.69. The molecule has 0 saturated carbocycles. The lowest BCUT2D eigenvalue weighted by molar-refractivity contribution is 0.0938. The summed E-state index contributed by atoms with van der Waals surface area (Å²) in [5.74, 6) is 2.72. The average molecular weight is 252 g/mol. The van der Waals surface area contributed by atoms with Crippen molar-refractivity contribution in [3.8, 4) is 18.1 Å². The van der Waals surface area contributed by atoms with Crippen molar-refractivity contribution in [2.75, 3.05) is 7.11 Å². The molecule has 0 aromatic heterocycles. The predicted octanol–water partition coefficient (Wildman–Crippen LogP) is 2.49. The maximum Gasteiger partial charge on any atom is 0.255 e. The van der Waals surface area contributed by atoms with Crippen LogP contribution in [0.2, 0.25) is 5.02 Å². The van der Waals surface area contributed by atoms with Crippen molar-refractivity contribution in [1.82, 2.24) is 5.32 Å². The van der Waals surface area contributed by atoms with Gasteiger partial charge in [-0.3, -0.25) is 4.79 Å². The van der Waals surface area contributed by atoms with Gasteiger partial charge in [-0.05, 0) is 25.1 Å². The Kier molecular flexibility index (Phi) is 4.86. The number of carbonyl (C=O) groups excluding carboxylic acids is 1. The van der Waals surface area contributed by atoms with E-state index in [0.29, 0.717) is 22.8 Å². The van der Waals surface area contributed by atoms with E-state index >= 15 is 0 Å². The average Bonchev–Trinajstić information content (AvgIpc) is 2.28. The molecule has 1 atom stereocenters. The molecule has 0 radical (unpaired) electrons. The molecule has 1 amide bonds. The number of rotatable bonds is 4. The molecule has 0 aliphatic rings. The minimum absolute atomic E-state index is 0.0760. The van der Waals surface area contributed by atoms with E-state index in [2.05, 4.69) is 11.2 Å². The first-order valence-electron chi connectivity index (χ1n) is 5.16. The van der Waals surface area contributed by atoms with Gasteiger partial charge in [-0.2, -0.15) is 0 Å². The third-order valence-electron chi connectivity index (χ3n) is 2.21. The molecule has 1 N–H and O–H groups in total. The third-order valence-corrected chi connectivity index (χ3v) is 2.44. The normalized spacial score (nSPS) is 11.4. The van der Waals surface area contributed by atoms with Crippen LogP contribution in [0, 0.1) is 12.3 Å². The molecule has 1 aromatic rings. The van der Waals surface area contributed by atoms with Gasteiger partial charge in [-0.1, -0.05) is 11.6 Å². The van der Waals surface area contributed by atoms with Crippen molar-refractivity contribution in [3.05, 3.63) is 28.8 Å². The fourth-order valence-corrected chi connectivity index (χ4v) is 1.54. The van der Waals surface area contributed by atoms with Crippen LogP contribution >= 0.6 is 11.6 Å². The number of terminal acetylenes is 1. The molecule has 0 bridgehead atoms. The van der Waals surface area contributed by atoms with Crippen LogP contribution in [0.15, 0.2) is 18.2 Å². The Morgan fingerprint density at radius 3 is 2.94 bits per heavy atom. The smallest absolute Gasteiger partial charge is 0.255 e. The Balaban J connectivity index is 2.86. The first kappa shape index (κ1) is 13.4. The molecule has 90 valence electrons. The van der Waals surface area contributed by atoms with E-state index < -0.39 is 0 Å². The van der Waals surface area contributed by atoms with E-state index in [1.165, 1.54) is 7.11 Å². The summed E-state index contributed by atoms with van der Waals surface area (Å²) in [6.45, 7) is 1.85. The zero-order valence-corrected chi connectivity index (χ0v) is 10.5. The second kappa shape index (κ2) is 6.17. The van der Waals surface area contributed by atoms with Gasteiger partial charge in [0.1, 0.15) is 5.75 Å². The van der Waals surface area contributed by atoms with Crippen LogP contribution in [0.25, 0.3) is 0 Å². The molecule has 0 aliphatic heterocycles. The highest BCUT2D eigenvalue weighted by molar-refractivity contribution is 6.30. The monoisotopic (exact) mass is 251 g/mol. The van der Waals surface area contributed by atoms with Crippen molar-refractivity contribution in [3.63, 3.8) is 0 Å². The van der Waals surface area contributed by atoms with Crippen LogP contribution in [0.4, 0.5) is 0 Å². The lowest BCUT2D eigenvalue weighted by Crippen LogP contribution is -2.32. The number of carbonyl (C=O) groups is 1. The molecule has 0 fully saturated rings. The lowest BCUT2D eigenvalue weighted by Gasteiger charge is -2.13. The molecule has 1 rings (SSSR count). The number of hydrogen-bond acceptors (Lipinski definition) is 2. The van der Waals surface area contributed by atoms with Crippen molar-refractivity contribution < 1.29 is 9.53 Å². The van der Waals surface area contributed by atoms with Crippen LogP contribution < -0.4 is 10.1 Å². The highest BCUT2D eigenvalue weighted by Gasteiger charge is 2.14. The Morgan fingerprint density at radius 2 is 2.35 bits per heavy atom. The van der Waals surface area contributed by atoms with Gasteiger partial charge in [0.2, 0.25) is 0 Å². The number of nitrogens with one attached hydrogen (secondary N) is 1. The van der Waals surface area contributed by atoms with Gasteiger partial charge in [0.05, 0.1) is 12.7 Å². The second-order valence-corrected chi connectivity index (χ2v) is 4.06. The van der Waals surface area contributed by atoms with Crippen molar-refractivity contribution >= 4 is 17.5 Å². The van der Waals surface area contributed by atoms with Crippen LogP contribution in [0.5, 0.6) is 5.75 Å². The summed E-state index contributed by atoms with van der Waals surface area (Å²) in [7, 11) is 1.49. The van der Waals surface area contributed by atoms with Gasteiger partial charge in [0.25, 0.3) is 5.91 Å². The molecule has 17 heavy (non-hydrogen) atoms. The van der Waals surface area contributed by atoms with E-state index in [-0.39, 0.29) is 11.9 Å². The van der Waals surface area contributed by atoms with E-state index in [1.54, 1.807) is 18.2 Å². The zero-order valence-electron chi connectivity index (χ0n) is 9.79. The summed E-state index contributed by atoms with van der Waals surface area (Å²) in [6.07, 6.45) is 5.66. The van der Waals surface area contributed by atoms with Crippen molar-refractivity contribution in [2.45, 2.75) is 19.4 Å². The van der Waals surface area contributed by atoms with Gasteiger partial charge in [-0.25, -0.2) is 0 Å². The number of benzene rings is 1. The van der Waals surface area contributed by atoms with Crippen LogP contribution in [0.1, 0.15) is 23.7 Å². The number of methoxy groups -OCH3 is 1. The molecule has 4 heteroatoms. The van der Waals surface area contributed by atoms with Gasteiger partial charge < -0.3 is 10.1 Å². The molecular weight excluding hydrogens is 238 g/mol. The second-order valence-electron chi connectivity index (χ2n) is 3.63. The highest BCUT2D eigenvalue weighted by atomic mass is 35.5. The van der Waals surface area contributed by atoms with Gasteiger partial charge in [0.15, 0.2) is 0 Å². The predicted molar refractivity (Wildman–Crippen MR) is 68.4 cm³/mol. The van der Waals surface area contributed by atoms with E-state index in [1.807, 2.05) is 6.92 Å². The fourth-order valence-electron chi connectivity index (χ4n) is 1.38. The Labute approximate surface area is 106 Å². The molecule has 0 saturated heterocycles. The van der Waals surface area contributed by atoms with E-state index in [4.69, 9.17) is 22.8 Å². The van der Waals surface area contributed by atoms with Gasteiger partial charge in [-0.15, -0.1) is 12.3 Å². The Bertz CT molecular complexity index is 451. The minimum atomic E-state index is -0.221. The molecule has 1 aromatic carbocycles. The fraction of sp³-hybridized carbons (Fsp3) is 0.308. The Morgan fingerprint density at radius 1 is 1.65 bits per heavy atom. The number of hydrogen-bond donors (Lipinski definition) is 1. The summed E-state index contributed by atoms with van der Waals surface area (Å²) in [6, 6.07) is 4.79. The number of amides is 1.